The molecule has 0 aliphatic heterocycles. The van der Waals surface area contributed by atoms with Crippen LogP contribution >= 0.6 is 11.3 Å². The number of hydrogen-bond donors (Lipinski definition) is 1. The molecule has 1 amide bonds. The van der Waals surface area contributed by atoms with Crippen LogP contribution in [0.5, 0.6) is 0 Å². The number of amides is 1. The Kier molecular flexibility index (Phi) is 5.31. The van der Waals surface area contributed by atoms with Crippen molar-refractivity contribution in [3.8, 4) is 0 Å². The third-order valence-electron chi connectivity index (χ3n) is 3.09. The van der Waals surface area contributed by atoms with E-state index in [4.69, 9.17) is 0 Å². The van der Waals surface area contributed by atoms with E-state index in [1.165, 1.54) is 23.5 Å². The van der Waals surface area contributed by atoms with E-state index in [0.717, 1.165) is 17.8 Å². The summed E-state index contributed by atoms with van der Waals surface area (Å²) in [6, 6.07) is 6.19. The number of carbonyl (C=O) groups excluding carboxylic acids is 1. The Hall–Kier alpha value is -1.73. The Morgan fingerprint density at radius 3 is 2.50 bits per heavy atom. The lowest BCUT2D eigenvalue weighted by atomic mass is 10.3. The normalized spacial score (nSPS) is 11.4. The third-order valence-corrected chi connectivity index (χ3v) is 5.90. The molecule has 22 heavy (non-hydrogen) atoms. The van der Waals surface area contributed by atoms with Crippen LogP contribution in [-0.2, 0) is 16.3 Å². The molecule has 2 rings (SSSR count). The Bertz CT molecular complexity index is 749. The second kappa shape index (κ2) is 7.02. The van der Waals surface area contributed by atoms with Crippen LogP contribution in [-0.4, -0.2) is 25.1 Å². The van der Waals surface area contributed by atoms with E-state index in [0.29, 0.717) is 10.6 Å². The van der Waals surface area contributed by atoms with Crippen LogP contribution in [0.4, 0.5) is 5.69 Å². The predicted molar refractivity (Wildman–Crippen MR) is 88.2 cm³/mol. The standard InChI is InChI=1S/C15H18N2O3S2/c1-3-5-14-16-10-13(21-14)15(18)17-11-6-8-12(9-7-11)22(19,20)4-2/h6-10H,3-5H2,1-2H3,(H,17,18). The van der Waals surface area contributed by atoms with Gasteiger partial charge in [-0.05, 0) is 37.1 Å². The van der Waals surface area contributed by atoms with Gasteiger partial charge in [-0.1, -0.05) is 13.8 Å². The molecule has 1 aromatic heterocycles. The SMILES string of the molecule is CCCc1ncc(C(=O)Nc2ccc(S(=O)(=O)CC)cc2)s1. The van der Waals surface area contributed by atoms with Gasteiger partial charge in [-0.3, -0.25) is 4.79 Å². The first-order valence-electron chi connectivity index (χ1n) is 7.05. The molecule has 2 aromatic rings. The van der Waals surface area contributed by atoms with E-state index in [1.807, 2.05) is 0 Å². The van der Waals surface area contributed by atoms with Crippen LogP contribution in [0, 0.1) is 0 Å². The van der Waals surface area contributed by atoms with Gasteiger partial charge in [0.25, 0.3) is 5.91 Å². The van der Waals surface area contributed by atoms with Gasteiger partial charge in [-0.25, -0.2) is 13.4 Å². The van der Waals surface area contributed by atoms with Crippen molar-refractivity contribution in [3.63, 3.8) is 0 Å². The maximum atomic E-state index is 12.1. The fourth-order valence-corrected chi connectivity index (χ4v) is 3.65. The number of aryl methyl sites for hydroxylation is 1. The largest absolute Gasteiger partial charge is 0.321 e. The van der Waals surface area contributed by atoms with Crippen molar-refractivity contribution in [2.45, 2.75) is 31.6 Å². The first kappa shape index (κ1) is 16.6. The van der Waals surface area contributed by atoms with Crippen molar-refractivity contribution >= 4 is 32.8 Å². The summed E-state index contributed by atoms with van der Waals surface area (Å²) in [7, 11) is -3.22. The molecular weight excluding hydrogens is 320 g/mol. The molecule has 0 fully saturated rings. The average molecular weight is 338 g/mol. The van der Waals surface area contributed by atoms with Gasteiger partial charge in [0.2, 0.25) is 0 Å². The van der Waals surface area contributed by atoms with Gasteiger partial charge in [0.05, 0.1) is 21.9 Å². The first-order chi connectivity index (χ1) is 10.5. The van der Waals surface area contributed by atoms with E-state index < -0.39 is 9.84 Å². The molecule has 0 aliphatic rings. The zero-order valence-electron chi connectivity index (χ0n) is 12.5. The first-order valence-corrected chi connectivity index (χ1v) is 9.52. The second-order valence-electron chi connectivity index (χ2n) is 4.75. The Balaban J connectivity index is 2.08. The lowest BCUT2D eigenvalue weighted by Gasteiger charge is -2.05. The van der Waals surface area contributed by atoms with Crippen molar-refractivity contribution in [2.24, 2.45) is 0 Å². The number of benzene rings is 1. The fraction of sp³-hybridized carbons (Fsp3) is 0.333. The monoisotopic (exact) mass is 338 g/mol. The minimum atomic E-state index is -3.22. The van der Waals surface area contributed by atoms with Crippen molar-refractivity contribution in [2.75, 3.05) is 11.1 Å². The van der Waals surface area contributed by atoms with E-state index >= 15 is 0 Å². The van der Waals surface area contributed by atoms with Crippen molar-refractivity contribution in [3.05, 3.63) is 40.3 Å². The number of sulfone groups is 1. The third kappa shape index (κ3) is 3.92. The van der Waals surface area contributed by atoms with Gasteiger partial charge in [-0.2, -0.15) is 0 Å². The summed E-state index contributed by atoms with van der Waals surface area (Å²) < 4.78 is 23.5. The summed E-state index contributed by atoms with van der Waals surface area (Å²) in [6.45, 7) is 3.66. The molecule has 0 saturated heterocycles. The topological polar surface area (TPSA) is 76.1 Å². The highest BCUT2D eigenvalue weighted by Crippen LogP contribution is 2.19. The minimum absolute atomic E-state index is 0.0553. The molecule has 1 N–H and O–H groups in total. The number of hydrogen-bond acceptors (Lipinski definition) is 5. The van der Waals surface area contributed by atoms with E-state index in [1.54, 1.807) is 25.3 Å². The summed E-state index contributed by atoms with van der Waals surface area (Å²) in [5, 5.41) is 3.69. The maximum absolute atomic E-state index is 12.1. The number of nitrogens with zero attached hydrogens (tertiary/aromatic N) is 1. The maximum Gasteiger partial charge on any atom is 0.267 e. The molecule has 0 spiro atoms. The zero-order chi connectivity index (χ0) is 16.2. The van der Waals surface area contributed by atoms with Gasteiger partial charge in [0.1, 0.15) is 4.88 Å². The highest BCUT2D eigenvalue weighted by Gasteiger charge is 2.13. The molecule has 0 unspecified atom stereocenters. The summed E-state index contributed by atoms with van der Waals surface area (Å²) in [5.41, 5.74) is 0.561. The van der Waals surface area contributed by atoms with E-state index in [-0.39, 0.29) is 16.6 Å². The molecule has 5 nitrogen and oxygen atoms in total. The molecule has 118 valence electrons. The smallest absolute Gasteiger partial charge is 0.267 e. The van der Waals surface area contributed by atoms with Gasteiger partial charge in [0.15, 0.2) is 9.84 Å². The quantitative estimate of drug-likeness (QED) is 0.878. The average Bonchev–Trinajstić information content (AvgIpc) is 2.97. The molecule has 7 heteroatoms. The number of thiazole rings is 1. The van der Waals surface area contributed by atoms with Crippen LogP contribution < -0.4 is 5.32 Å². The Morgan fingerprint density at radius 1 is 1.23 bits per heavy atom. The molecule has 0 atom stereocenters. The van der Waals surface area contributed by atoms with Crippen LogP contribution in [0.1, 0.15) is 34.9 Å². The van der Waals surface area contributed by atoms with Gasteiger partial charge in [-0.15, -0.1) is 11.3 Å². The van der Waals surface area contributed by atoms with Crippen LogP contribution in [0.15, 0.2) is 35.4 Å². The summed E-state index contributed by atoms with van der Waals surface area (Å²) >= 11 is 1.38. The van der Waals surface area contributed by atoms with E-state index in [2.05, 4.69) is 17.2 Å². The van der Waals surface area contributed by atoms with Crippen molar-refractivity contribution in [1.29, 1.82) is 0 Å². The molecule has 1 heterocycles. The van der Waals surface area contributed by atoms with Gasteiger partial charge < -0.3 is 5.32 Å². The summed E-state index contributed by atoms with van der Waals surface area (Å²) in [6.07, 6.45) is 3.42. The van der Waals surface area contributed by atoms with Crippen LogP contribution in [0.2, 0.25) is 0 Å². The van der Waals surface area contributed by atoms with Gasteiger partial charge in [0, 0.05) is 5.69 Å². The molecule has 0 saturated carbocycles. The van der Waals surface area contributed by atoms with Crippen molar-refractivity contribution < 1.29 is 13.2 Å². The van der Waals surface area contributed by atoms with E-state index in [9.17, 15) is 13.2 Å². The van der Waals surface area contributed by atoms with Crippen molar-refractivity contribution in [1.82, 2.24) is 4.98 Å². The fourth-order valence-electron chi connectivity index (χ4n) is 1.85. The number of aromatic nitrogens is 1. The molecular formula is C15H18N2O3S2. The lowest BCUT2D eigenvalue weighted by molar-refractivity contribution is 0.103. The summed E-state index contributed by atoms with van der Waals surface area (Å²) in [4.78, 5) is 17.1. The number of anilines is 1. The molecule has 1 aromatic carbocycles. The van der Waals surface area contributed by atoms with Gasteiger partial charge >= 0.3 is 0 Å². The highest BCUT2D eigenvalue weighted by atomic mass is 32.2. The summed E-state index contributed by atoms with van der Waals surface area (Å²) in [5.74, 6) is -0.175. The predicted octanol–water partition coefficient (Wildman–Crippen LogP) is 3.14. The lowest BCUT2D eigenvalue weighted by Crippen LogP contribution is -2.10. The van der Waals surface area contributed by atoms with Crippen LogP contribution in [0.25, 0.3) is 0 Å². The Morgan fingerprint density at radius 2 is 1.91 bits per heavy atom. The number of rotatable bonds is 6. The second-order valence-corrected chi connectivity index (χ2v) is 8.14. The zero-order valence-corrected chi connectivity index (χ0v) is 14.1. The minimum Gasteiger partial charge on any atom is -0.321 e. The van der Waals surface area contributed by atoms with Crippen LogP contribution in [0.3, 0.4) is 0 Å². The Labute approximate surface area is 134 Å². The molecule has 0 radical (unpaired) electrons. The highest BCUT2D eigenvalue weighted by molar-refractivity contribution is 7.91. The molecule has 0 bridgehead atoms. The molecule has 0 aliphatic carbocycles. The number of carbonyl (C=O) groups is 1. The number of nitrogens with one attached hydrogen (secondary N) is 1.